The fourth-order valence-corrected chi connectivity index (χ4v) is 3.97. The molecule has 182 valence electrons. The summed E-state index contributed by atoms with van der Waals surface area (Å²) in [6.45, 7) is 3.36. The van der Waals surface area contributed by atoms with E-state index in [1.807, 2.05) is 36.4 Å². The quantitative estimate of drug-likeness (QED) is 0.414. The van der Waals surface area contributed by atoms with Gasteiger partial charge < -0.3 is 19.9 Å². The molecule has 2 aromatic carbocycles. The van der Waals surface area contributed by atoms with Crippen LogP contribution >= 0.6 is 0 Å². The first-order valence-corrected chi connectivity index (χ1v) is 11.9. The van der Waals surface area contributed by atoms with Gasteiger partial charge in [0.1, 0.15) is 18.1 Å². The largest absolute Gasteiger partial charge is 0.497 e. The van der Waals surface area contributed by atoms with Crippen molar-refractivity contribution in [3.63, 3.8) is 0 Å². The first kappa shape index (κ1) is 25.3. The number of nitrogens with zero attached hydrogens (tertiary/aromatic N) is 2. The first-order valence-electron chi connectivity index (χ1n) is 11.9. The Labute approximate surface area is 201 Å². The average Bonchev–Trinajstić information content (AvgIpc) is 2.84. The average molecular weight is 468 g/mol. The third-order valence-electron chi connectivity index (χ3n) is 5.94. The number of benzene rings is 2. The highest BCUT2D eigenvalue weighted by Crippen LogP contribution is 2.28. The summed E-state index contributed by atoms with van der Waals surface area (Å²) in [7, 11) is 1.61. The number of hydrogen-bond acceptors (Lipinski definition) is 3. The Bertz CT molecular complexity index is 960. The summed E-state index contributed by atoms with van der Waals surface area (Å²) >= 11 is 0. The van der Waals surface area contributed by atoms with Crippen LogP contribution in [0.3, 0.4) is 0 Å². The van der Waals surface area contributed by atoms with E-state index in [1.165, 1.54) is 17.0 Å². The maximum absolute atomic E-state index is 13.4. The number of carbonyl (C=O) groups is 2. The Morgan fingerprint density at radius 2 is 1.82 bits per heavy atom. The van der Waals surface area contributed by atoms with Crippen LogP contribution in [0.5, 0.6) is 5.75 Å². The van der Waals surface area contributed by atoms with Crippen molar-refractivity contribution >= 4 is 11.9 Å². The Balaban J connectivity index is 1.79. The molecule has 34 heavy (non-hydrogen) atoms. The fraction of sp³-hybridized carbons (Fsp3) is 0.407. The van der Waals surface area contributed by atoms with Crippen LogP contribution in [0.2, 0.25) is 0 Å². The fourth-order valence-electron chi connectivity index (χ4n) is 3.97. The SMILES string of the molecule is CCCCCCNC(=O)N1C/C=C\[C@H](c2ccc(OC)cc2)N(Cc2ccc(F)cc2)C(=O)C1. The number of ether oxygens (including phenoxy) is 1. The van der Waals surface area contributed by atoms with Crippen LogP contribution in [-0.2, 0) is 11.3 Å². The molecular weight excluding hydrogens is 433 g/mol. The van der Waals surface area contributed by atoms with Gasteiger partial charge in [-0.05, 0) is 41.8 Å². The van der Waals surface area contributed by atoms with Gasteiger partial charge in [-0.1, -0.05) is 62.6 Å². The molecule has 1 aliphatic heterocycles. The lowest BCUT2D eigenvalue weighted by Crippen LogP contribution is -2.48. The van der Waals surface area contributed by atoms with Gasteiger partial charge in [-0.15, -0.1) is 0 Å². The van der Waals surface area contributed by atoms with Gasteiger partial charge in [-0.3, -0.25) is 4.79 Å². The minimum Gasteiger partial charge on any atom is -0.497 e. The van der Waals surface area contributed by atoms with Gasteiger partial charge in [-0.2, -0.15) is 0 Å². The van der Waals surface area contributed by atoms with Crippen LogP contribution in [0, 0.1) is 5.82 Å². The molecule has 0 radical (unpaired) electrons. The van der Waals surface area contributed by atoms with Gasteiger partial charge in [0, 0.05) is 19.6 Å². The molecule has 1 N–H and O–H groups in total. The molecule has 0 fully saturated rings. The maximum atomic E-state index is 13.4. The first-order chi connectivity index (χ1) is 16.5. The van der Waals surface area contributed by atoms with E-state index < -0.39 is 0 Å². The van der Waals surface area contributed by atoms with Crippen LogP contribution in [-0.4, -0.2) is 48.5 Å². The summed E-state index contributed by atoms with van der Waals surface area (Å²) in [5.74, 6) is 0.239. The third-order valence-corrected chi connectivity index (χ3v) is 5.94. The van der Waals surface area contributed by atoms with Gasteiger partial charge in [0.05, 0.1) is 13.2 Å². The van der Waals surface area contributed by atoms with Gasteiger partial charge >= 0.3 is 6.03 Å². The number of nitrogens with one attached hydrogen (secondary N) is 1. The normalized spacial score (nSPS) is 17.1. The van der Waals surface area contributed by atoms with E-state index >= 15 is 0 Å². The molecule has 1 aliphatic rings. The lowest BCUT2D eigenvalue weighted by atomic mass is 10.0. The second-order valence-corrected chi connectivity index (χ2v) is 8.47. The van der Waals surface area contributed by atoms with Gasteiger partial charge in [0.25, 0.3) is 0 Å². The van der Waals surface area contributed by atoms with Crippen molar-refractivity contribution < 1.29 is 18.7 Å². The van der Waals surface area contributed by atoms with E-state index in [-0.39, 0.29) is 30.3 Å². The van der Waals surface area contributed by atoms with Crippen LogP contribution < -0.4 is 10.1 Å². The highest BCUT2D eigenvalue weighted by Gasteiger charge is 2.28. The lowest BCUT2D eigenvalue weighted by Gasteiger charge is -2.34. The number of carbonyl (C=O) groups excluding carboxylic acids is 2. The van der Waals surface area contributed by atoms with Crippen LogP contribution in [0.25, 0.3) is 0 Å². The number of urea groups is 1. The molecule has 0 saturated carbocycles. The molecule has 3 rings (SSSR count). The predicted molar refractivity (Wildman–Crippen MR) is 131 cm³/mol. The molecule has 2 aromatic rings. The van der Waals surface area contributed by atoms with Gasteiger partial charge in [-0.25, -0.2) is 9.18 Å². The summed E-state index contributed by atoms with van der Waals surface area (Å²) in [5.41, 5.74) is 1.75. The number of methoxy groups -OCH3 is 1. The standard InChI is InChI=1S/C27H34FN3O3/c1-3-4-5-6-17-29-27(33)30-18-7-8-25(22-11-15-24(34-2)16-12-22)31(26(32)20-30)19-21-9-13-23(28)14-10-21/h7-16,25H,3-6,17-20H2,1-2H3,(H,29,33)/b8-7-/t25-/m1/s1. The molecule has 1 heterocycles. The summed E-state index contributed by atoms with van der Waals surface area (Å²) in [5, 5.41) is 2.93. The summed E-state index contributed by atoms with van der Waals surface area (Å²) in [6.07, 6.45) is 8.15. The number of unbranched alkanes of at least 4 members (excludes halogenated alkanes) is 3. The Hall–Kier alpha value is -3.35. The van der Waals surface area contributed by atoms with Crippen LogP contribution in [0.15, 0.2) is 60.7 Å². The molecule has 3 amide bonds. The lowest BCUT2D eigenvalue weighted by molar-refractivity contribution is -0.134. The zero-order valence-corrected chi connectivity index (χ0v) is 20.0. The molecule has 0 spiro atoms. The molecule has 0 aliphatic carbocycles. The molecule has 0 unspecified atom stereocenters. The minimum absolute atomic E-state index is 0.0288. The zero-order valence-electron chi connectivity index (χ0n) is 20.0. The third kappa shape index (κ3) is 7.07. The van der Waals surface area contributed by atoms with E-state index in [0.29, 0.717) is 19.6 Å². The van der Waals surface area contributed by atoms with Gasteiger partial charge in [0.15, 0.2) is 0 Å². The van der Waals surface area contributed by atoms with Crippen LogP contribution in [0.4, 0.5) is 9.18 Å². The van der Waals surface area contributed by atoms with Crippen molar-refractivity contribution in [2.45, 2.75) is 45.2 Å². The highest BCUT2D eigenvalue weighted by atomic mass is 19.1. The molecule has 0 aromatic heterocycles. The zero-order chi connectivity index (χ0) is 24.3. The smallest absolute Gasteiger partial charge is 0.318 e. The molecule has 1 atom stereocenters. The van der Waals surface area contributed by atoms with Crippen molar-refractivity contribution in [1.82, 2.24) is 15.1 Å². The molecule has 0 saturated heterocycles. The predicted octanol–water partition coefficient (Wildman–Crippen LogP) is 5.07. The molecule has 7 heteroatoms. The van der Waals surface area contributed by atoms with E-state index in [2.05, 4.69) is 12.2 Å². The molecular formula is C27H34FN3O3. The topological polar surface area (TPSA) is 61.9 Å². The van der Waals surface area contributed by atoms with Crippen molar-refractivity contribution in [2.75, 3.05) is 26.7 Å². The number of rotatable bonds is 9. The summed E-state index contributed by atoms with van der Waals surface area (Å²) in [4.78, 5) is 29.4. The van der Waals surface area contributed by atoms with E-state index in [0.717, 1.165) is 42.6 Å². The molecule has 0 bridgehead atoms. The second kappa shape index (κ2) is 12.8. The van der Waals surface area contributed by atoms with Crippen molar-refractivity contribution in [2.24, 2.45) is 0 Å². The molecule has 6 nitrogen and oxygen atoms in total. The number of halogens is 1. The van der Waals surface area contributed by atoms with E-state index in [9.17, 15) is 14.0 Å². The van der Waals surface area contributed by atoms with Crippen LogP contribution in [0.1, 0.15) is 49.8 Å². The second-order valence-electron chi connectivity index (χ2n) is 8.47. The highest BCUT2D eigenvalue weighted by molar-refractivity contribution is 5.85. The van der Waals surface area contributed by atoms with Crippen molar-refractivity contribution in [3.8, 4) is 5.75 Å². The Kier molecular flexibility index (Phi) is 9.50. The number of amides is 3. The number of hydrogen-bond donors (Lipinski definition) is 1. The van der Waals surface area contributed by atoms with E-state index in [1.54, 1.807) is 24.1 Å². The van der Waals surface area contributed by atoms with E-state index in [4.69, 9.17) is 4.74 Å². The van der Waals surface area contributed by atoms with Gasteiger partial charge in [0.2, 0.25) is 5.91 Å². The Morgan fingerprint density at radius 1 is 1.09 bits per heavy atom. The summed E-state index contributed by atoms with van der Waals surface area (Å²) < 4.78 is 18.7. The monoisotopic (exact) mass is 467 g/mol. The Morgan fingerprint density at radius 3 is 2.50 bits per heavy atom. The minimum atomic E-state index is -0.323. The summed E-state index contributed by atoms with van der Waals surface area (Å²) in [6, 6.07) is 13.2. The maximum Gasteiger partial charge on any atom is 0.318 e. The van der Waals surface area contributed by atoms with Crippen molar-refractivity contribution in [1.29, 1.82) is 0 Å². The van der Waals surface area contributed by atoms with Crippen molar-refractivity contribution in [3.05, 3.63) is 77.6 Å².